The lowest BCUT2D eigenvalue weighted by molar-refractivity contribution is 0.336. The second-order valence-corrected chi connectivity index (χ2v) is 3.70. The van der Waals surface area contributed by atoms with Gasteiger partial charge in [-0.2, -0.15) is 0 Å². The van der Waals surface area contributed by atoms with Gasteiger partial charge in [-0.05, 0) is 45.8 Å². The number of nitrogens with two attached hydrogens (primary N) is 1. The fourth-order valence-electron chi connectivity index (χ4n) is 1.74. The molecule has 0 aromatic carbocycles. The van der Waals surface area contributed by atoms with E-state index in [-0.39, 0.29) is 0 Å². The number of rotatable bonds is 5. The predicted molar refractivity (Wildman–Crippen MR) is 60.5 cm³/mol. The average molecular weight is 198 g/mol. The summed E-state index contributed by atoms with van der Waals surface area (Å²) in [5, 5.41) is 2.99. The molecule has 0 aromatic heterocycles. The van der Waals surface area contributed by atoms with Crippen LogP contribution in [0, 0.1) is 0 Å². The molecule has 1 aliphatic heterocycles. The van der Waals surface area contributed by atoms with Crippen molar-refractivity contribution < 1.29 is 0 Å². The first kappa shape index (κ1) is 11.3. The third-order valence-electron chi connectivity index (χ3n) is 2.47. The highest BCUT2D eigenvalue weighted by atomic mass is 15.1. The first-order valence-electron chi connectivity index (χ1n) is 5.59. The lowest BCUT2D eigenvalue weighted by atomic mass is 10.4. The van der Waals surface area contributed by atoms with Crippen molar-refractivity contribution in [2.45, 2.75) is 26.2 Å². The third kappa shape index (κ3) is 4.46. The van der Waals surface area contributed by atoms with Crippen LogP contribution in [0.2, 0.25) is 0 Å². The van der Waals surface area contributed by atoms with Gasteiger partial charge in [0, 0.05) is 13.1 Å². The minimum Gasteiger partial charge on any atom is -0.370 e. The van der Waals surface area contributed by atoms with Crippen molar-refractivity contribution in [1.29, 1.82) is 0 Å². The van der Waals surface area contributed by atoms with Gasteiger partial charge in [0.15, 0.2) is 5.96 Å². The quantitative estimate of drug-likeness (QED) is 0.382. The Morgan fingerprint density at radius 3 is 2.79 bits per heavy atom. The van der Waals surface area contributed by atoms with Crippen LogP contribution in [0.15, 0.2) is 4.99 Å². The molecule has 3 N–H and O–H groups in total. The SMILES string of the molecule is CCNC(N)=NCCCN1CCCC1. The van der Waals surface area contributed by atoms with Crippen molar-refractivity contribution in [3.05, 3.63) is 0 Å². The molecule has 14 heavy (non-hydrogen) atoms. The summed E-state index contributed by atoms with van der Waals surface area (Å²) in [6.07, 6.45) is 3.84. The molecular formula is C10H22N4. The standard InChI is InChI=1S/C10H22N4/c1-2-12-10(11)13-6-5-9-14-7-3-4-8-14/h2-9H2,1H3,(H3,11,12,13). The van der Waals surface area contributed by atoms with Crippen molar-refractivity contribution in [2.75, 3.05) is 32.7 Å². The number of hydrogen-bond acceptors (Lipinski definition) is 2. The highest BCUT2D eigenvalue weighted by Crippen LogP contribution is 2.06. The van der Waals surface area contributed by atoms with E-state index in [0.717, 1.165) is 19.5 Å². The van der Waals surface area contributed by atoms with E-state index >= 15 is 0 Å². The number of guanidine groups is 1. The number of aliphatic imine (C=N–C) groups is 1. The highest BCUT2D eigenvalue weighted by molar-refractivity contribution is 5.77. The van der Waals surface area contributed by atoms with E-state index in [0.29, 0.717) is 5.96 Å². The number of hydrogen-bond donors (Lipinski definition) is 2. The Morgan fingerprint density at radius 2 is 2.14 bits per heavy atom. The predicted octanol–water partition coefficient (Wildman–Crippen LogP) is 0.397. The Labute approximate surface area is 86.6 Å². The molecule has 1 aliphatic rings. The molecule has 4 heteroatoms. The van der Waals surface area contributed by atoms with Crippen molar-refractivity contribution in [2.24, 2.45) is 10.7 Å². The smallest absolute Gasteiger partial charge is 0.188 e. The molecule has 4 nitrogen and oxygen atoms in total. The zero-order valence-corrected chi connectivity index (χ0v) is 9.13. The topological polar surface area (TPSA) is 53.6 Å². The van der Waals surface area contributed by atoms with Crippen LogP contribution in [0.25, 0.3) is 0 Å². The summed E-state index contributed by atoms with van der Waals surface area (Å²) in [7, 11) is 0. The molecule has 0 amide bonds. The zero-order chi connectivity index (χ0) is 10.2. The summed E-state index contributed by atoms with van der Waals surface area (Å²) >= 11 is 0. The van der Waals surface area contributed by atoms with Gasteiger partial charge in [-0.25, -0.2) is 0 Å². The molecule has 0 aliphatic carbocycles. The summed E-state index contributed by atoms with van der Waals surface area (Å²) in [5.74, 6) is 0.578. The van der Waals surface area contributed by atoms with Crippen molar-refractivity contribution >= 4 is 5.96 Å². The molecule has 0 spiro atoms. The van der Waals surface area contributed by atoms with Gasteiger partial charge in [-0.3, -0.25) is 4.99 Å². The van der Waals surface area contributed by atoms with E-state index in [2.05, 4.69) is 15.2 Å². The third-order valence-corrected chi connectivity index (χ3v) is 2.47. The molecule has 1 heterocycles. The minimum atomic E-state index is 0.578. The monoisotopic (exact) mass is 198 g/mol. The van der Waals surface area contributed by atoms with Crippen LogP contribution in [0.3, 0.4) is 0 Å². The van der Waals surface area contributed by atoms with Gasteiger partial charge in [0.1, 0.15) is 0 Å². The Morgan fingerprint density at radius 1 is 1.43 bits per heavy atom. The molecule has 0 aromatic rings. The summed E-state index contributed by atoms with van der Waals surface area (Å²) in [4.78, 5) is 6.73. The fraction of sp³-hybridized carbons (Fsp3) is 0.900. The average Bonchev–Trinajstić information content (AvgIpc) is 2.65. The first-order chi connectivity index (χ1) is 6.83. The Hall–Kier alpha value is -0.770. The van der Waals surface area contributed by atoms with E-state index in [1.54, 1.807) is 0 Å². The van der Waals surface area contributed by atoms with E-state index < -0.39 is 0 Å². The van der Waals surface area contributed by atoms with Crippen molar-refractivity contribution in [3.63, 3.8) is 0 Å². The van der Waals surface area contributed by atoms with Gasteiger partial charge in [-0.1, -0.05) is 0 Å². The summed E-state index contributed by atoms with van der Waals surface area (Å²) in [6, 6.07) is 0. The van der Waals surface area contributed by atoms with Gasteiger partial charge in [0.2, 0.25) is 0 Å². The summed E-state index contributed by atoms with van der Waals surface area (Å²) in [5.41, 5.74) is 5.60. The van der Waals surface area contributed by atoms with Gasteiger partial charge in [0.05, 0.1) is 0 Å². The minimum absolute atomic E-state index is 0.578. The lowest BCUT2D eigenvalue weighted by Gasteiger charge is -2.12. The molecule has 0 radical (unpaired) electrons. The maximum absolute atomic E-state index is 5.60. The van der Waals surface area contributed by atoms with Gasteiger partial charge in [0.25, 0.3) is 0 Å². The normalized spacial score (nSPS) is 18.8. The largest absolute Gasteiger partial charge is 0.370 e. The molecule has 1 rings (SSSR count). The Balaban J connectivity index is 2.00. The van der Waals surface area contributed by atoms with Crippen LogP contribution >= 0.6 is 0 Å². The molecule has 0 atom stereocenters. The van der Waals surface area contributed by atoms with Gasteiger partial charge in [-0.15, -0.1) is 0 Å². The molecule has 0 unspecified atom stereocenters. The van der Waals surface area contributed by atoms with E-state index in [1.807, 2.05) is 6.92 Å². The Kier molecular flexibility index (Phi) is 5.37. The van der Waals surface area contributed by atoms with Crippen LogP contribution in [-0.2, 0) is 0 Å². The summed E-state index contributed by atoms with van der Waals surface area (Å²) < 4.78 is 0. The van der Waals surface area contributed by atoms with Gasteiger partial charge < -0.3 is 16.0 Å². The zero-order valence-electron chi connectivity index (χ0n) is 9.13. The second-order valence-electron chi connectivity index (χ2n) is 3.70. The maximum atomic E-state index is 5.60. The number of likely N-dealkylation sites (tertiary alicyclic amines) is 1. The highest BCUT2D eigenvalue weighted by Gasteiger charge is 2.09. The van der Waals surface area contributed by atoms with Crippen LogP contribution in [-0.4, -0.2) is 43.6 Å². The molecule has 0 saturated carbocycles. The molecule has 1 saturated heterocycles. The number of nitrogens with one attached hydrogen (secondary N) is 1. The van der Waals surface area contributed by atoms with Crippen LogP contribution in [0.1, 0.15) is 26.2 Å². The molecule has 82 valence electrons. The van der Waals surface area contributed by atoms with E-state index in [9.17, 15) is 0 Å². The van der Waals surface area contributed by atoms with Gasteiger partial charge >= 0.3 is 0 Å². The van der Waals surface area contributed by atoms with E-state index in [1.165, 1.54) is 32.5 Å². The molecule has 1 fully saturated rings. The summed E-state index contributed by atoms with van der Waals surface area (Å²) in [6.45, 7) is 7.42. The number of nitrogens with zero attached hydrogens (tertiary/aromatic N) is 2. The second kappa shape index (κ2) is 6.65. The lowest BCUT2D eigenvalue weighted by Crippen LogP contribution is -2.31. The fourth-order valence-corrected chi connectivity index (χ4v) is 1.74. The maximum Gasteiger partial charge on any atom is 0.188 e. The molecular weight excluding hydrogens is 176 g/mol. The van der Waals surface area contributed by atoms with Crippen LogP contribution in [0.4, 0.5) is 0 Å². The van der Waals surface area contributed by atoms with Crippen LogP contribution in [0.5, 0.6) is 0 Å². The van der Waals surface area contributed by atoms with Crippen LogP contribution < -0.4 is 11.1 Å². The van der Waals surface area contributed by atoms with E-state index in [4.69, 9.17) is 5.73 Å². The Bertz CT molecular complexity index is 173. The van der Waals surface area contributed by atoms with Crippen molar-refractivity contribution in [3.8, 4) is 0 Å². The van der Waals surface area contributed by atoms with Crippen molar-refractivity contribution in [1.82, 2.24) is 10.2 Å². The first-order valence-corrected chi connectivity index (χ1v) is 5.59. The molecule has 0 bridgehead atoms.